The third kappa shape index (κ3) is 3.79. The predicted molar refractivity (Wildman–Crippen MR) is 97.0 cm³/mol. The van der Waals surface area contributed by atoms with Crippen LogP contribution in [0, 0.1) is 6.92 Å². The van der Waals surface area contributed by atoms with Crippen molar-refractivity contribution in [2.24, 2.45) is 0 Å². The second-order valence-electron chi connectivity index (χ2n) is 6.11. The van der Waals surface area contributed by atoms with Gasteiger partial charge < -0.3 is 9.64 Å². The molecule has 0 radical (unpaired) electrons. The predicted octanol–water partition coefficient (Wildman–Crippen LogP) is 3.33. The lowest BCUT2D eigenvalue weighted by Gasteiger charge is -2.38. The minimum absolute atomic E-state index is 0.317. The summed E-state index contributed by atoms with van der Waals surface area (Å²) in [6, 6.07) is 10.7. The molecule has 2 aromatic rings. The van der Waals surface area contributed by atoms with Gasteiger partial charge in [0.1, 0.15) is 11.6 Å². The van der Waals surface area contributed by atoms with Gasteiger partial charge >= 0.3 is 0 Å². The number of rotatable bonds is 4. The summed E-state index contributed by atoms with van der Waals surface area (Å²) in [4.78, 5) is 13.2. The fourth-order valence-corrected chi connectivity index (χ4v) is 3.35. The molecule has 0 saturated carbocycles. The first kappa shape index (κ1) is 17.0. The number of nitrogens with zero attached hydrogens (tertiary/aromatic N) is 4. The van der Waals surface area contributed by atoms with Crippen molar-refractivity contribution in [1.29, 1.82) is 0 Å². The van der Waals surface area contributed by atoms with Crippen LogP contribution in [-0.2, 0) is 0 Å². The average Bonchev–Trinajstić information content (AvgIpc) is 2.60. The van der Waals surface area contributed by atoms with Crippen LogP contribution < -0.4 is 9.64 Å². The molecular formula is C18H23ClN4O. The molecular weight excluding hydrogens is 324 g/mol. The third-order valence-electron chi connectivity index (χ3n) is 4.58. The van der Waals surface area contributed by atoms with E-state index in [0.29, 0.717) is 11.3 Å². The lowest BCUT2D eigenvalue weighted by atomic mass is 10.1. The molecule has 0 bridgehead atoms. The van der Waals surface area contributed by atoms with E-state index in [0.717, 1.165) is 43.4 Å². The smallest absolute Gasteiger partial charge is 0.224 e. The van der Waals surface area contributed by atoms with Crippen molar-refractivity contribution in [2.75, 3.05) is 38.2 Å². The highest BCUT2D eigenvalue weighted by Crippen LogP contribution is 2.26. The first-order valence-electron chi connectivity index (χ1n) is 8.21. The minimum atomic E-state index is 0.317. The van der Waals surface area contributed by atoms with Crippen molar-refractivity contribution < 1.29 is 4.74 Å². The molecule has 24 heavy (non-hydrogen) atoms. The number of aryl methyl sites for hydroxylation is 1. The van der Waals surface area contributed by atoms with Gasteiger partial charge in [0.2, 0.25) is 5.28 Å². The van der Waals surface area contributed by atoms with Gasteiger partial charge in [0.15, 0.2) is 0 Å². The summed E-state index contributed by atoms with van der Waals surface area (Å²) in [5.41, 5.74) is 2.18. The molecule has 1 saturated heterocycles. The maximum absolute atomic E-state index is 5.99. The van der Waals surface area contributed by atoms with E-state index in [1.807, 2.05) is 25.1 Å². The van der Waals surface area contributed by atoms with Crippen LogP contribution in [-0.4, -0.2) is 48.2 Å². The average molecular weight is 347 g/mol. The fraction of sp³-hybridized carbons (Fsp3) is 0.444. The van der Waals surface area contributed by atoms with Crippen LogP contribution in [0.5, 0.6) is 5.75 Å². The summed E-state index contributed by atoms with van der Waals surface area (Å²) in [7, 11) is 1.71. The summed E-state index contributed by atoms with van der Waals surface area (Å²) in [6.07, 6.45) is 0. The van der Waals surface area contributed by atoms with Gasteiger partial charge in [-0.05, 0) is 43.1 Å². The monoisotopic (exact) mass is 346 g/mol. The van der Waals surface area contributed by atoms with E-state index in [9.17, 15) is 0 Å². The number of piperazine rings is 1. The van der Waals surface area contributed by atoms with Gasteiger partial charge in [0.25, 0.3) is 0 Å². The maximum atomic E-state index is 5.99. The molecule has 0 aliphatic carbocycles. The van der Waals surface area contributed by atoms with E-state index in [1.165, 1.54) is 5.56 Å². The molecule has 6 heteroatoms. The Morgan fingerprint density at radius 3 is 2.54 bits per heavy atom. The minimum Gasteiger partial charge on any atom is -0.497 e. The van der Waals surface area contributed by atoms with Gasteiger partial charge in [-0.25, -0.2) is 9.97 Å². The molecule has 1 aromatic heterocycles. The summed E-state index contributed by atoms with van der Waals surface area (Å²) in [5, 5.41) is 0.317. The second-order valence-corrected chi connectivity index (χ2v) is 6.45. The summed E-state index contributed by atoms with van der Waals surface area (Å²) >= 11 is 5.99. The second kappa shape index (κ2) is 7.36. The quantitative estimate of drug-likeness (QED) is 0.794. The van der Waals surface area contributed by atoms with E-state index < -0.39 is 0 Å². The molecule has 128 valence electrons. The Bertz CT molecular complexity index is 681. The van der Waals surface area contributed by atoms with Gasteiger partial charge in [-0.1, -0.05) is 12.1 Å². The molecule has 1 atom stereocenters. The van der Waals surface area contributed by atoms with Crippen molar-refractivity contribution in [2.45, 2.75) is 19.9 Å². The van der Waals surface area contributed by atoms with E-state index in [-0.39, 0.29) is 0 Å². The molecule has 1 aliphatic rings. The first-order chi connectivity index (χ1) is 11.6. The van der Waals surface area contributed by atoms with Crippen molar-refractivity contribution in [3.8, 4) is 5.75 Å². The van der Waals surface area contributed by atoms with Crippen molar-refractivity contribution in [3.63, 3.8) is 0 Å². The van der Waals surface area contributed by atoms with E-state index in [1.54, 1.807) is 7.11 Å². The van der Waals surface area contributed by atoms with Crippen LogP contribution in [0.1, 0.15) is 24.2 Å². The zero-order valence-electron chi connectivity index (χ0n) is 14.4. The van der Waals surface area contributed by atoms with Gasteiger partial charge in [-0.15, -0.1) is 0 Å². The number of aromatic nitrogens is 2. The lowest BCUT2D eigenvalue weighted by molar-refractivity contribution is 0.198. The molecule has 2 heterocycles. The maximum Gasteiger partial charge on any atom is 0.224 e. The van der Waals surface area contributed by atoms with Crippen LogP contribution in [0.15, 0.2) is 30.3 Å². The Hall–Kier alpha value is -1.85. The number of hydrogen-bond acceptors (Lipinski definition) is 5. The SMILES string of the molecule is COc1cccc(C(C)N2CCN(c3cc(C)nc(Cl)n3)CC2)c1. The van der Waals surface area contributed by atoms with Gasteiger partial charge in [-0.3, -0.25) is 4.90 Å². The van der Waals surface area contributed by atoms with E-state index in [2.05, 4.69) is 38.8 Å². The highest BCUT2D eigenvalue weighted by molar-refractivity contribution is 6.28. The summed E-state index contributed by atoms with van der Waals surface area (Å²) in [5.74, 6) is 1.82. The van der Waals surface area contributed by atoms with Crippen molar-refractivity contribution in [1.82, 2.24) is 14.9 Å². The molecule has 1 fully saturated rings. The number of ether oxygens (including phenoxy) is 1. The third-order valence-corrected chi connectivity index (χ3v) is 4.74. The topological polar surface area (TPSA) is 41.5 Å². The number of methoxy groups -OCH3 is 1. The van der Waals surface area contributed by atoms with Crippen LogP contribution in [0.2, 0.25) is 5.28 Å². The highest BCUT2D eigenvalue weighted by Gasteiger charge is 2.23. The summed E-state index contributed by atoms with van der Waals surface area (Å²) in [6.45, 7) is 8.02. The Kier molecular flexibility index (Phi) is 5.21. The molecule has 1 unspecified atom stereocenters. The van der Waals surface area contributed by atoms with Crippen molar-refractivity contribution in [3.05, 3.63) is 46.9 Å². The van der Waals surface area contributed by atoms with E-state index >= 15 is 0 Å². The van der Waals surface area contributed by atoms with Crippen LogP contribution in [0.4, 0.5) is 5.82 Å². The molecule has 0 amide bonds. The largest absolute Gasteiger partial charge is 0.497 e. The lowest BCUT2D eigenvalue weighted by Crippen LogP contribution is -2.47. The zero-order chi connectivity index (χ0) is 17.1. The molecule has 1 aliphatic heterocycles. The number of halogens is 1. The van der Waals surface area contributed by atoms with Gasteiger partial charge in [0.05, 0.1) is 7.11 Å². The van der Waals surface area contributed by atoms with Crippen LogP contribution >= 0.6 is 11.6 Å². The standard InChI is InChI=1S/C18H23ClN4O/c1-13-11-17(21-18(19)20-13)23-9-7-22(8-10-23)14(2)15-5-4-6-16(12-15)24-3/h4-6,11-12,14H,7-10H2,1-3H3. The number of benzene rings is 1. The Labute approximate surface area is 148 Å². The van der Waals surface area contributed by atoms with Gasteiger partial charge in [0, 0.05) is 44.0 Å². The molecule has 5 nitrogen and oxygen atoms in total. The Balaban J connectivity index is 1.65. The van der Waals surface area contributed by atoms with Crippen LogP contribution in [0.3, 0.4) is 0 Å². The zero-order valence-corrected chi connectivity index (χ0v) is 15.1. The van der Waals surface area contributed by atoms with E-state index in [4.69, 9.17) is 16.3 Å². The first-order valence-corrected chi connectivity index (χ1v) is 8.59. The van der Waals surface area contributed by atoms with Gasteiger partial charge in [-0.2, -0.15) is 0 Å². The van der Waals surface area contributed by atoms with Crippen molar-refractivity contribution >= 4 is 17.4 Å². The molecule has 0 N–H and O–H groups in total. The molecule has 0 spiro atoms. The number of hydrogen-bond donors (Lipinski definition) is 0. The Morgan fingerprint density at radius 1 is 1.12 bits per heavy atom. The summed E-state index contributed by atoms with van der Waals surface area (Å²) < 4.78 is 5.34. The molecule has 1 aromatic carbocycles. The normalized spacial score (nSPS) is 16.9. The Morgan fingerprint density at radius 2 is 1.88 bits per heavy atom. The fourth-order valence-electron chi connectivity index (χ4n) is 3.13. The molecule has 3 rings (SSSR count). The van der Waals surface area contributed by atoms with Crippen LogP contribution in [0.25, 0.3) is 0 Å². The highest BCUT2D eigenvalue weighted by atomic mass is 35.5. The number of anilines is 1.